The number of benzene rings is 1. The first kappa shape index (κ1) is 13.2. The maximum atomic E-state index is 11.9. The molecule has 0 spiro atoms. The molecule has 19 heavy (non-hydrogen) atoms. The van der Waals surface area contributed by atoms with Crippen LogP contribution in [-0.2, 0) is 10.1 Å². The monoisotopic (exact) mass is 277 g/mol. The van der Waals surface area contributed by atoms with Gasteiger partial charge in [0, 0.05) is 6.92 Å². The zero-order chi connectivity index (χ0) is 13.9. The van der Waals surface area contributed by atoms with Gasteiger partial charge in [-0.3, -0.25) is 4.79 Å². The van der Waals surface area contributed by atoms with Crippen molar-refractivity contribution in [1.82, 2.24) is 4.98 Å². The van der Waals surface area contributed by atoms with Crippen LogP contribution in [0.25, 0.3) is 0 Å². The van der Waals surface area contributed by atoms with Crippen LogP contribution in [0, 0.1) is 0 Å². The number of carbonyl (C=O) groups excluding carboxylic acids is 1. The van der Waals surface area contributed by atoms with Crippen molar-refractivity contribution in [2.75, 3.05) is 0 Å². The summed E-state index contributed by atoms with van der Waals surface area (Å²) in [5.41, 5.74) is 0.254. The van der Waals surface area contributed by atoms with E-state index in [1.807, 2.05) is 0 Å². The minimum absolute atomic E-state index is 0.0608. The van der Waals surface area contributed by atoms with Gasteiger partial charge in [0.2, 0.25) is 0 Å². The Morgan fingerprint density at radius 2 is 1.79 bits per heavy atom. The standard InChI is InChI=1S/C13H11NO4S/c1-10(15)13-8-7-11(9-14-13)18-19(16,17)12-5-3-2-4-6-12/h2-9H,1H3. The molecule has 0 radical (unpaired) electrons. The van der Waals surface area contributed by atoms with Gasteiger partial charge in [-0.2, -0.15) is 8.42 Å². The van der Waals surface area contributed by atoms with Gasteiger partial charge >= 0.3 is 10.1 Å². The fourth-order valence-corrected chi connectivity index (χ4v) is 2.34. The van der Waals surface area contributed by atoms with Gasteiger partial charge in [0.15, 0.2) is 11.5 Å². The molecule has 6 heteroatoms. The molecule has 1 aromatic carbocycles. The lowest BCUT2D eigenvalue weighted by Gasteiger charge is -2.06. The van der Waals surface area contributed by atoms with Crippen LogP contribution < -0.4 is 4.18 Å². The van der Waals surface area contributed by atoms with Crippen LogP contribution in [0.2, 0.25) is 0 Å². The van der Waals surface area contributed by atoms with Gasteiger partial charge in [0.1, 0.15) is 10.6 Å². The number of ketones is 1. The largest absolute Gasteiger partial charge is 0.377 e. The van der Waals surface area contributed by atoms with Crippen molar-refractivity contribution in [3.8, 4) is 5.75 Å². The number of rotatable bonds is 4. The molecule has 0 amide bonds. The highest BCUT2D eigenvalue weighted by atomic mass is 32.2. The predicted molar refractivity (Wildman–Crippen MR) is 68.5 cm³/mol. The fraction of sp³-hybridized carbons (Fsp3) is 0.0769. The van der Waals surface area contributed by atoms with E-state index in [1.54, 1.807) is 18.2 Å². The third-order valence-electron chi connectivity index (χ3n) is 2.33. The summed E-state index contributed by atoms with van der Waals surface area (Å²) in [7, 11) is -3.87. The number of pyridine rings is 1. The molecule has 1 aromatic heterocycles. The minimum atomic E-state index is -3.87. The number of Topliss-reactive ketones (excluding diaryl/α,β-unsaturated/α-hetero) is 1. The molecule has 0 aliphatic carbocycles. The molecular formula is C13H11NO4S. The summed E-state index contributed by atoms with van der Waals surface area (Å²) < 4.78 is 28.7. The lowest BCUT2D eigenvalue weighted by atomic mass is 10.3. The van der Waals surface area contributed by atoms with Crippen molar-refractivity contribution < 1.29 is 17.4 Å². The molecule has 0 atom stereocenters. The molecular weight excluding hydrogens is 266 g/mol. The third-order valence-corrected chi connectivity index (χ3v) is 3.60. The van der Waals surface area contributed by atoms with Crippen molar-refractivity contribution >= 4 is 15.9 Å². The Labute approximate surface area is 111 Å². The average Bonchev–Trinajstić information content (AvgIpc) is 2.40. The van der Waals surface area contributed by atoms with E-state index in [-0.39, 0.29) is 22.1 Å². The van der Waals surface area contributed by atoms with Crippen LogP contribution in [0.4, 0.5) is 0 Å². The number of carbonyl (C=O) groups is 1. The average molecular weight is 277 g/mol. The Morgan fingerprint density at radius 3 is 2.32 bits per heavy atom. The molecule has 0 bridgehead atoms. The summed E-state index contributed by atoms with van der Waals surface area (Å²) in [5.74, 6) is -0.133. The molecule has 2 rings (SSSR count). The predicted octanol–water partition coefficient (Wildman–Crippen LogP) is 2.05. The second-order valence-electron chi connectivity index (χ2n) is 3.79. The van der Waals surface area contributed by atoms with Gasteiger partial charge in [0.25, 0.3) is 0 Å². The van der Waals surface area contributed by atoms with Gasteiger partial charge < -0.3 is 4.18 Å². The molecule has 0 saturated carbocycles. The third kappa shape index (κ3) is 3.17. The molecule has 0 unspecified atom stereocenters. The van der Waals surface area contributed by atoms with E-state index in [9.17, 15) is 13.2 Å². The topological polar surface area (TPSA) is 73.3 Å². The van der Waals surface area contributed by atoms with Crippen molar-refractivity contribution in [1.29, 1.82) is 0 Å². The van der Waals surface area contributed by atoms with Crippen LogP contribution in [0.15, 0.2) is 53.6 Å². The van der Waals surface area contributed by atoms with Crippen LogP contribution >= 0.6 is 0 Å². The first-order valence-electron chi connectivity index (χ1n) is 5.45. The van der Waals surface area contributed by atoms with E-state index in [4.69, 9.17) is 4.18 Å². The summed E-state index contributed by atoms with van der Waals surface area (Å²) in [5, 5.41) is 0. The van der Waals surface area contributed by atoms with Crippen molar-refractivity contribution in [3.63, 3.8) is 0 Å². The SMILES string of the molecule is CC(=O)c1ccc(OS(=O)(=O)c2ccccc2)cn1. The molecule has 0 aliphatic heterocycles. The summed E-state index contributed by atoms with van der Waals surface area (Å²) >= 11 is 0. The maximum Gasteiger partial charge on any atom is 0.339 e. The molecule has 5 nitrogen and oxygen atoms in total. The first-order chi connectivity index (χ1) is 8.99. The Bertz CT molecular complexity index is 678. The molecule has 0 saturated heterocycles. The highest BCUT2D eigenvalue weighted by Crippen LogP contribution is 2.17. The molecule has 2 aromatic rings. The number of nitrogens with zero attached hydrogens (tertiary/aromatic N) is 1. The van der Waals surface area contributed by atoms with E-state index >= 15 is 0 Å². The van der Waals surface area contributed by atoms with Crippen LogP contribution in [0.1, 0.15) is 17.4 Å². The van der Waals surface area contributed by atoms with E-state index in [0.717, 1.165) is 0 Å². The summed E-state index contributed by atoms with van der Waals surface area (Å²) in [6, 6.07) is 10.6. The smallest absolute Gasteiger partial charge is 0.339 e. The van der Waals surface area contributed by atoms with Crippen molar-refractivity contribution in [3.05, 3.63) is 54.4 Å². The Morgan fingerprint density at radius 1 is 1.11 bits per heavy atom. The molecule has 0 aliphatic rings. The van der Waals surface area contributed by atoms with Gasteiger partial charge in [-0.15, -0.1) is 0 Å². The molecule has 0 fully saturated rings. The van der Waals surface area contributed by atoms with Gasteiger partial charge in [0.05, 0.1) is 6.20 Å². The highest BCUT2D eigenvalue weighted by molar-refractivity contribution is 7.87. The Balaban J connectivity index is 2.24. The summed E-state index contributed by atoms with van der Waals surface area (Å²) in [6.07, 6.45) is 1.21. The van der Waals surface area contributed by atoms with E-state index in [1.165, 1.54) is 37.4 Å². The second kappa shape index (κ2) is 5.19. The molecule has 98 valence electrons. The second-order valence-corrected chi connectivity index (χ2v) is 5.33. The van der Waals surface area contributed by atoms with Gasteiger partial charge in [-0.05, 0) is 24.3 Å². The lowest BCUT2D eigenvalue weighted by molar-refractivity contribution is 0.101. The first-order valence-corrected chi connectivity index (χ1v) is 6.86. The van der Waals surface area contributed by atoms with Crippen molar-refractivity contribution in [2.45, 2.75) is 11.8 Å². The van der Waals surface area contributed by atoms with Crippen LogP contribution in [0.5, 0.6) is 5.75 Å². The van der Waals surface area contributed by atoms with Gasteiger partial charge in [-0.1, -0.05) is 18.2 Å². The van der Waals surface area contributed by atoms with E-state index in [0.29, 0.717) is 0 Å². The van der Waals surface area contributed by atoms with E-state index < -0.39 is 10.1 Å². The number of hydrogen-bond donors (Lipinski definition) is 0. The number of hydrogen-bond acceptors (Lipinski definition) is 5. The van der Waals surface area contributed by atoms with Crippen LogP contribution in [-0.4, -0.2) is 19.2 Å². The van der Waals surface area contributed by atoms with E-state index in [2.05, 4.69) is 4.98 Å². The zero-order valence-corrected chi connectivity index (χ0v) is 10.9. The molecule has 1 heterocycles. The van der Waals surface area contributed by atoms with Crippen LogP contribution in [0.3, 0.4) is 0 Å². The molecule has 0 N–H and O–H groups in total. The maximum absolute atomic E-state index is 11.9. The zero-order valence-electron chi connectivity index (χ0n) is 10.1. The normalized spacial score (nSPS) is 11.0. The fourth-order valence-electron chi connectivity index (χ4n) is 1.40. The quantitative estimate of drug-likeness (QED) is 0.631. The van der Waals surface area contributed by atoms with Gasteiger partial charge in [-0.25, -0.2) is 4.98 Å². The Kier molecular flexibility index (Phi) is 3.62. The lowest BCUT2D eigenvalue weighted by Crippen LogP contribution is -2.10. The number of aromatic nitrogens is 1. The highest BCUT2D eigenvalue weighted by Gasteiger charge is 2.16. The minimum Gasteiger partial charge on any atom is -0.377 e. The van der Waals surface area contributed by atoms with Crippen molar-refractivity contribution in [2.24, 2.45) is 0 Å². The summed E-state index contributed by atoms with van der Waals surface area (Å²) in [4.78, 5) is 14.9. The Hall–Kier alpha value is -2.21. The summed E-state index contributed by atoms with van der Waals surface area (Å²) in [6.45, 7) is 1.38.